The van der Waals surface area contributed by atoms with E-state index >= 15 is 0 Å². The van der Waals surface area contributed by atoms with Crippen molar-refractivity contribution in [2.75, 3.05) is 29.7 Å². The lowest BCUT2D eigenvalue weighted by molar-refractivity contribution is -0.119. The van der Waals surface area contributed by atoms with Crippen LogP contribution >= 0.6 is 23.2 Å². The Bertz CT molecular complexity index is 1580. The van der Waals surface area contributed by atoms with Crippen LogP contribution in [-0.4, -0.2) is 45.5 Å². The maximum absolute atomic E-state index is 13.1. The van der Waals surface area contributed by atoms with Crippen molar-refractivity contribution in [1.82, 2.24) is 14.8 Å². The number of benzene rings is 2. The van der Waals surface area contributed by atoms with Gasteiger partial charge in [0.25, 0.3) is 0 Å². The molecule has 0 spiro atoms. The molecule has 3 amide bonds. The third kappa shape index (κ3) is 7.56. The molecule has 0 saturated heterocycles. The average Bonchev–Trinajstić information content (AvgIpc) is 3.37. The van der Waals surface area contributed by atoms with Crippen molar-refractivity contribution < 1.29 is 24.2 Å². The van der Waals surface area contributed by atoms with E-state index in [9.17, 15) is 14.7 Å². The molecule has 0 fully saturated rings. The van der Waals surface area contributed by atoms with E-state index in [1.54, 1.807) is 41.1 Å². The van der Waals surface area contributed by atoms with Crippen LogP contribution in [-0.2, 0) is 21.6 Å². The fourth-order valence-corrected chi connectivity index (χ4v) is 4.16. The highest BCUT2D eigenvalue weighted by Crippen LogP contribution is 2.40. The lowest BCUT2D eigenvalue weighted by atomic mass is 9.92. The highest BCUT2D eigenvalue weighted by atomic mass is 35.5. The van der Waals surface area contributed by atoms with Crippen LogP contribution in [0, 0.1) is 0 Å². The molecule has 42 heavy (non-hydrogen) atoms. The quantitative estimate of drug-likeness (QED) is 0.172. The summed E-state index contributed by atoms with van der Waals surface area (Å²) >= 11 is 13.0. The second-order valence-corrected chi connectivity index (χ2v) is 11.0. The molecule has 0 atom stereocenters. The van der Waals surface area contributed by atoms with Gasteiger partial charge >= 0.3 is 6.03 Å². The summed E-state index contributed by atoms with van der Waals surface area (Å²) < 4.78 is 12.3. The first-order valence-electron chi connectivity index (χ1n) is 12.8. The van der Waals surface area contributed by atoms with Gasteiger partial charge in [-0.3, -0.25) is 15.1 Å². The predicted molar refractivity (Wildman–Crippen MR) is 162 cm³/mol. The largest absolute Gasteiger partial charge is 0.454 e. The number of carbonyl (C=O) groups is 2. The molecule has 0 aliphatic carbocycles. The van der Waals surface area contributed by atoms with E-state index in [4.69, 9.17) is 37.8 Å². The maximum Gasteiger partial charge on any atom is 0.324 e. The second-order valence-electron chi connectivity index (χ2n) is 10.2. The summed E-state index contributed by atoms with van der Waals surface area (Å²) in [6, 6.07) is 13.1. The molecule has 0 saturated carbocycles. The van der Waals surface area contributed by atoms with Crippen LogP contribution in [0.4, 0.5) is 22.0 Å². The van der Waals surface area contributed by atoms with Crippen molar-refractivity contribution in [2.45, 2.75) is 32.8 Å². The Labute approximate surface area is 252 Å². The number of methoxy groups -OCH3 is 1. The summed E-state index contributed by atoms with van der Waals surface area (Å²) in [5.74, 6) is 0.607. The summed E-state index contributed by atoms with van der Waals surface area (Å²) in [6.07, 6.45) is 2.91. The number of pyridine rings is 1. The van der Waals surface area contributed by atoms with Crippen molar-refractivity contribution in [3.63, 3.8) is 0 Å². The highest BCUT2D eigenvalue weighted by Gasteiger charge is 2.22. The predicted octanol–water partition coefficient (Wildman–Crippen LogP) is 6.39. The Kier molecular flexibility index (Phi) is 9.69. The first-order chi connectivity index (χ1) is 20.0. The smallest absolute Gasteiger partial charge is 0.324 e. The van der Waals surface area contributed by atoms with Crippen molar-refractivity contribution in [2.24, 2.45) is 0 Å². The van der Waals surface area contributed by atoms with Crippen molar-refractivity contribution >= 4 is 52.3 Å². The van der Waals surface area contributed by atoms with Crippen LogP contribution in [0.5, 0.6) is 11.5 Å². The lowest BCUT2D eigenvalue weighted by Gasteiger charge is -2.14. The van der Waals surface area contributed by atoms with E-state index in [1.165, 1.54) is 19.5 Å². The van der Waals surface area contributed by atoms with Gasteiger partial charge in [0.2, 0.25) is 5.91 Å². The van der Waals surface area contributed by atoms with E-state index in [1.807, 2.05) is 32.9 Å². The Morgan fingerprint density at radius 3 is 2.38 bits per heavy atom. The fraction of sp³-hybridized carbons (Fsp3) is 0.241. The number of carbonyl (C=O) groups excluding carboxylic acids is 2. The monoisotopic (exact) mass is 612 g/mol. The number of urea groups is 1. The van der Waals surface area contributed by atoms with Gasteiger partial charge in [-0.15, -0.1) is 0 Å². The summed E-state index contributed by atoms with van der Waals surface area (Å²) in [7, 11) is 1.42. The normalized spacial score (nSPS) is 11.2. The number of nitrogens with one attached hydrogen (secondary N) is 3. The molecule has 2 aromatic carbocycles. The summed E-state index contributed by atoms with van der Waals surface area (Å²) in [6.45, 7) is 5.88. The number of halogens is 2. The zero-order valence-corrected chi connectivity index (χ0v) is 24.9. The molecule has 0 bridgehead atoms. The van der Waals surface area contributed by atoms with Crippen molar-refractivity contribution in [1.29, 1.82) is 0 Å². The van der Waals surface area contributed by atoms with Crippen LogP contribution in [0.1, 0.15) is 32.0 Å². The molecule has 2 aromatic heterocycles. The first kappa shape index (κ1) is 30.8. The van der Waals surface area contributed by atoms with Gasteiger partial charge in [0.15, 0.2) is 0 Å². The van der Waals surface area contributed by atoms with E-state index in [0.29, 0.717) is 22.9 Å². The number of aromatic nitrogens is 3. The fourth-order valence-electron chi connectivity index (χ4n) is 3.75. The number of amides is 3. The zero-order chi connectivity index (χ0) is 30.4. The topological polar surface area (TPSA) is 140 Å². The van der Waals surface area contributed by atoms with Crippen molar-refractivity contribution in [3.05, 3.63) is 82.2 Å². The molecule has 4 aromatic rings. The number of nitrogens with zero attached hydrogens (tertiary/aromatic N) is 3. The summed E-state index contributed by atoms with van der Waals surface area (Å²) in [5.41, 5.74) is 2.61. The SMILES string of the molecule is COCC(=O)Nc1cncc(Oc2ccc(NC(=O)Nc3cc(C(C)(C)C)nn3-c3ccc(CO)cc3)c(Cl)c2Cl)c1. The molecule has 0 aliphatic heterocycles. The highest BCUT2D eigenvalue weighted by molar-refractivity contribution is 6.45. The van der Waals surface area contributed by atoms with Gasteiger partial charge in [-0.2, -0.15) is 5.10 Å². The molecule has 13 heteroatoms. The molecule has 4 N–H and O–H groups in total. The number of ether oxygens (including phenoxy) is 2. The number of hydrogen-bond donors (Lipinski definition) is 4. The minimum Gasteiger partial charge on any atom is -0.454 e. The molecule has 2 heterocycles. The average molecular weight is 614 g/mol. The van der Waals surface area contributed by atoms with Gasteiger partial charge in [-0.25, -0.2) is 9.48 Å². The molecular formula is C29H30Cl2N6O5. The number of hydrogen-bond acceptors (Lipinski definition) is 7. The first-order valence-corrected chi connectivity index (χ1v) is 13.5. The number of aliphatic hydroxyl groups is 1. The molecular weight excluding hydrogens is 583 g/mol. The lowest BCUT2D eigenvalue weighted by Crippen LogP contribution is -2.21. The molecule has 0 radical (unpaired) electrons. The Balaban J connectivity index is 1.50. The number of aliphatic hydroxyl groups excluding tert-OH is 1. The van der Waals surface area contributed by atoms with Gasteiger partial charge in [-0.05, 0) is 29.8 Å². The van der Waals surface area contributed by atoms with Crippen molar-refractivity contribution in [3.8, 4) is 17.2 Å². The summed E-state index contributed by atoms with van der Waals surface area (Å²) in [5, 5.41) is 22.4. The van der Waals surface area contributed by atoms with E-state index in [2.05, 4.69) is 20.9 Å². The maximum atomic E-state index is 13.1. The van der Waals surface area contributed by atoms with E-state index in [-0.39, 0.29) is 46.0 Å². The molecule has 0 unspecified atom stereocenters. The third-order valence-corrected chi connectivity index (χ3v) is 6.74. The summed E-state index contributed by atoms with van der Waals surface area (Å²) in [4.78, 5) is 28.9. The number of anilines is 3. The minimum atomic E-state index is -0.570. The van der Waals surface area contributed by atoms with E-state index in [0.717, 1.165) is 11.3 Å². The third-order valence-electron chi connectivity index (χ3n) is 5.88. The molecule has 11 nitrogen and oxygen atoms in total. The molecule has 0 aliphatic rings. The standard InChI is InChI=1S/C29H30Cl2N6O5/c1-29(2,3)23-12-24(37(36-23)19-7-5-17(15-38)6-8-19)35-28(40)34-21-9-10-22(27(31)26(21)30)42-20-11-18(13-32-14-20)33-25(39)16-41-4/h5-14,38H,15-16H2,1-4H3,(H,33,39)(H2,34,35,40). The van der Waals surface area contributed by atoms with Crippen LogP contribution in [0.25, 0.3) is 5.69 Å². The van der Waals surface area contributed by atoms with Gasteiger partial charge in [0, 0.05) is 24.7 Å². The Morgan fingerprint density at radius 2 is 1.71 bits per heavy atom. The van der Waals surface area contributed by atoms with Crippen LogP contribution < -0.4 is 20.7 Å². The Hall–Kier alpha value is -4.16. The second kappa shape index (κ2) is 13.2. The molecule has 4 rings (SSSR count). The number of rotatable bonds is 9. The Morgan fingerprint density at radius 1 is 0.976 bits per heavy atom. The minimum absolute atomic E-state index is 0.0605. The van der Waals surface area contributed by atoms with Gasteiger partial charge in [-0.1, -0.05) is 56.1 Å². The van der Waals surface area contributed by atoms with Gasteiger partial charge < -0.3 is 25.2 Å². The van der Waals surface area contributed by atoms with Crippen LogP contribution in [0.3, 0.4) is 0 Å². The van der Waals surface area contributed by atoms with Gasteiger partial charge in [0.1, 0.15) is 28.9 Å². The van der Waals surface area contributed by atoms with E-state index < -0.39 is 6.03 Å². The van der Waals surface area contributed by atoms with Crippen LogP contribution in [0.15, 0.2) is 60.9 Å². The van der Waals surface area contributed by atoms with Crippen LogP contribution in [0.2, 0.25) is 10.0 Å². The zero-order valence-electron chi connectivity index (χ0n) is 23.4. The molecule has 220 valence electrons. The van der Waals surface area contributed by atoms with Gasteiger partial charge in [0.05, 0.1) is 46.8 Å².